The highest BCUT2D eigenvalue weighted by molar-refractivity contribution is 6.34. The van der Waals surface area contributed by atoms with Crippen LogP contribution in [0.4, 0.5) is 0 Å². The molecule has 1 atom stereocenters. The Morgan fingerprint density at radius 1 is 1.00 bits per heavy atom. The van der Waals surface area contributed by atoms with Crippen molar-refractivity contribution < 1.29 is 4.79 Å². The van der Waals surface area contributed by atoms with E-state index in [4.69, 9.17) is 23.2 Å². The molecule has 0 aromatic heterocycles. The summed E-state index contributed by atoms with van der Waals surface area (Å²) in [7, 11) is 0. The topological polar surface area (TPSA) is 29.4 Å². The number of aryl methyl sites for hydroxylation is 3. The zero-order valence-electron chi connectivity index (χ0n) is 12.1. The standard InChI is InChI=1S/C17H15Cl2NO/c1-11-4-8-14(9-5-11)17(19,20-10-21)15-12(2)6-7-13(3)16(15)18/h4-9H,1-3H3. The molecule has 2 aromatic rings. The number of hydrogen-bond donors (Lipinski definition) is 0. The number of nitrogens with zero attached hydrogens (tertiary/aromatic N) is 1. The third-order valence-corrected chi connectivity index (χ3v) is 4.49. The first-order chi connectivity index (χ1) is 9.90. The molecule has 0 fully saturated rings. The van der Waals surface area contributed by atoms with Gasteiger partial charge in [0.15, 0.2) is 5.00 Å². The van der Waals surface area contributed by atoms with Gasteiger partial charge in [-0.1, -0.05) is 65.2 Å². The lowest BCUT2D eigenvalue weighted by molar-refractivity contribution is 0.558. The molecule has 1 unspecified atom stereocenters. The Balaban J connectivity index is 2.77. The third kappa shape index (κ3) is 2.89. The number of isocyanates is 1. The summed E-state index contributed by atoms with van der Waals surface area (Å²) in [5.74, 6) is 0. The molecule has 0 heterocycles. The van der Waals surface area contributed by atoms with Crippen molar-refractivity contribution in [1.29, 1.82) is 0 Å². The van der Waals surface area contributed by atoms with Crippen LogP contribution >= 0.6 is 23.2 Å². The van der Waals surface area contributed by atoms with Gasteiger partial charge in [0.05, 0.1) is 5.02 Å². The van der Waals surface area contributed by atoms with Gasteiger partial charge in [0.25, 0.3) is 0 Å². The summed E-state index contributed by atoms with van der Waals surface area (Å²) in [4.78, 5) is 13.4. The van der Waals surface area contributed by atoms with Crippen molar-refractivity contribution in [2.24, 2.45) is 4.99 Å². The predicted octanol–water partition coefficient (Wildman–Crippen LogP) is 5.04. The van der Waals surface area contributed by atoms with Crippen molar-refractivity contribution in [1.82, 2.24) is 0 Å². The highest BCUT2D eigenvalue weighted by Crippen LogP contribution is 2.44. The van der Waals surface area contributed by atoms with Gasteiger partial charge in [-0.15, -0.1) is 0 Å². The summed E-state index contributed by atoms with van der Waals surface area (Å²) < 4.78 is 0. The molecule has 4 heteroatoms. The normalized spacial score (nSPS) is 13.4. The van der Waals surface area contributed by atoms with Gasteiger partial charge < -0.3 is 0 Å². The molecule has 0 spiro atoms. The lowest BCUT2D eigenvalue weighted by atomic mass is 9.92. The molecule has 0 aliphatic heterocycles. The number of aliphatic imine (C=N–C) groups is 1. The number of halogens is 2. The van der Waals surface area contributed by atoms with Gasteiger partial charge in [0.2, 0.25) is 6.08 Å². The van der Waals surface area contributed by atoms with Crippen molar-refractivity contribution in [3.05, 3.63) is 69.2 Å². The molecule has 108 valence electrons. The summed E-state index contributed by atoms with van der Waals surface area (Å²) >= 11 is 13.1. The maximum atomic E-state index is 10.9. The smallest absolute Gasteiger partial charge is 0.211 e. The fraction of sp³-hybridized carbons (Fsp3) is 0.235. The molecule has 2 rings (SSSR count). The van der Waals surface area contributed by atoms with Crippen LogP contribution in [0.3, 0.4) is 0 Å². The van der Waals surface area contributed by atoms with E-state index in [1.54, 1.807) is 6.08 Å². The summed E-state index contributed by atoms with van der Waals surface area (Å²) in [5, 5.41) is 0.518. The monoisotopic (exact) mass is 319 g/mol. The molecule has 2 nitrogen and oxygen atoms in total. The Kier molecular flexibility index (Phi) is 4.53. The lowest BCUT2D eigenvalue weighted by Crippen LogP contribution is -2.20. The van der Waals surface area contributed by atoms with Crippen LogP contribution in [-0.2, 0) is 9.79 Å². The first-order valence-corrected chi connectivity index (χ1v) is 7.27. The summed E-state index contributed by atoms with van der Waals surface area (Å²) in [5.41, 5.74) is 4.17. The molecule has 2 aromatic carbocycles. The maximum absolute atomic E-state index is 10.9. The number of alkyl halides is 1. The average Bonchev–Trinajstić information content (AvgIpc) is 2.44. The first kappa shape index (κ1) is 15.8. The lowest BCUT2D eigenvalue weighted by Gasteiger charge is -2.26. The molecule has 0 bridgehead atoms. The second-order valence-electron chi connectivity index (χ2n) is 5.08. The highest BCUT2D eigenvalue weighted by atomic mass is 35.5. The Labute approximate surface area is 134 Å². The molecule has 0 radical (unpaired) electrons. The molecular formula is C17H15Cl2NO. The van der Waals surface area contributed by atoms with Crippen LogP contribution in [0.15, 0.2) is 41.4 Å². The number of benzene rings is 2. The Morgan fingerprint density at radius 2 is 1.57 bits per heavy atom. The van der Waals surface area contributed by atoms with Gasteiger partial charge in [-0.2, -0.15) is 4.99 Å². The van der Waals surface area contributed by atoms with E-state index in [0.717, 1.165) is 16.7 Å². The molecule has 0 saturated heterocycles. The van der Waals surface area contributed by atoms with Gasteiger partial charge in [0, 0.05) is 11.1 Å². The molecule has 0 saturated carbocycles. The van der Waals surface area contributed by atoms with E-state index in [9.17, 15) is 4.79 Å². The second kappa shape index (κ2) is 6.03. The fourth-order valence-electron chi connectivity index (χ4n) is 2.29. The van der Waals surface area contributed by atoms with E-state index >= 15 is 0 Å². The van der Waals surface area contributed by atoms with Crippen LogP contribution in [0.1, 0.15) is 27.8 Å². The van der Waals surface area contributed by atoms with Crippen LogP contribution in [0, 0.1) is 20.8 Å². The van der Waals surface area contributed by atoms with Crippen molar-refractivity contribution in [2.45, 2.75) is 25.8 Å². The zero-order chi connectivity index (χ0) is 15.6. The third-order valence-electron chi connectivity index (χ3n) is 3.51. The van der Waals surface area contributed by atoms with E-state index in [2.05, 4.69) is 4.99 Å². The minimum absolute atomic E-state index is 0.518. The molecule has 0 amide bonds. The Morgan fingerprint density at radius 3 is 2.14 bits per heavy atom. The van der Waals surface area contributed by atoms with Gasteiger partial charge in [0.1, 0.15) is 0 Å². The van der Waals surface area contributed by atoms with Crippen molar-refractivity contribution in [3.63, 3.8) is 0 Å². The van der Waals surface area contributed by atoms with E-state index in [0.29, 0.717) is 16.1 Å². The molecular weight excluding hydrogens is 305 g/mol. The molecule has 0 aliphatic rings. The van der Waals surface area contributed by atoms with Crippen molar-refractivity contribution in [3.8, 4) is 0 Å². The first-order valence-electron chi connectivity index (χ1n) is 6.51. The average molecular weight is 320 g/mol. The summed E-state index contributed by atoms with van der Waals surface area (Å²) in [6.07, 6.45) is 1.58. The van der Waals surface area contributed by atoms with Crippen LogP contribution in [0.2, 0.25) is 5.02 Å². The highest BCUT2D eigenvalue weighted by Gasteiger charge is 2.35. The zero-order valence-corrected chi connectivity index (χ0v) is 13.6. The fourth-order valence-corrected chi connectivity index (χ4v) is 3.09. The van der Waals surface area contributed by atoms with Gasteiger partial charge in [-0.25, -0.2) is 4.79 Å². The van der Waals surface area contributed by atoms with Crippen LogP contribution in [0.25, 0.3) is 0 Å². The Hall–Kier alpha value is -1.60. The number of carbonyl (C=O) groups excluding carboxylic acids is 1. The molecule has 21 heavy (non-hydrogen) atoms. The van der Waals surface area contributed by atoms with Gasteiger partial charge in [-0.3, -0.25) is 0 Å². The van der Waals surface area contributed by atoms with Gasteiger partial charge in [-0.05, 0) is 31.9 Å². The van der Waals surface area contributed by atoms with Crippen LogP contribution in [-0.4, -0.2) is 6.08 Å². The predicted molar refractivity (Wildman–Crippen MR) is 86.9 cm³/mol. The van der Waals surface area contributed by atoms with E-state index < -0.39 is 5.00 Å². The van der Waals surface area contributed by atoms with E-state index in [1.165, 1.54) is 0 Å². The largest absolute Gasteiger partial charge is 0.237 e. The van der Waals surface area contributed by atoms with E-state index in [1.807, 2.05) is 57.2 Å². The quantitative estimate of drug-likeness (QED) is 0.337. The van der Waals surface area contributed by atoms with Crippen molar-refractivity contribution >= 4 is 29.3 Å². The van der Waals surface area contributed by atoms with Crippen molar-refractivity contribution in [2.75, 3.05) is 0 Å². The molecule has 0 aliphatic carbocycles. The summed E-state index contributed by atoms with van der Waals surface area (Å²) in [6, 6.07) is 11.4. The maximum Gasteiger partial charge on any atom is 0.237 e. The number of rotatable bonds is 3. The SMILES string of the molecule is Cc1ccc(C(Cl)(N=C=O)c2c(C)ccc(C)c2Cl)cc1. The van der Waals surface area contributed by atoms with E-state index in [-0.39, 0.29) is 0 Å². The molecule has 0 N–H and O–H groups in total. The van der Waals surface area contributed by atoms with Gasteiger partial charge >= 0.3 is 0 Å². The van der Waals surface area contributed by atoms with Crippen LogP contribution < -0.4 is 0 Å². The Bertz CT molecular complexity index is 718. The minimum Gasteiger partial charge on any atom is -0.211 e. The summed E-state index contributed by atoms with van der Waals surface area (Å²) in [6.45, 7) is 5.77. The minimum atomic E-state index is -1.36. The number of hydrogen-bond acceptors (Lipinski definition) is 2. The second-order valence-corrected chi connectivity index (χ2v) is 6.00. The van der Waals surface area contributed by atoms with Crippen LogP contribution in [0.5, 0.6) is 0 Å².